The van der Waals surface area contributed by atoms with E-state index in [0.717, 1.165) is 25.2 Å². The zero-order chi connectivity index (χ0) is 18.1. The van der Waals surface area contributed by atoms with Crippen LogP contribution in [0.25, 0.3) is 0 Å². The molecular weight excluding hydrogens is 322 g/mol. The molecule has 2 nitrogen and oxygen atoms in total. The third kappa shape index (κ3) is 6.16. The smallest absolute Gasteiger partial charge is 0.204 e. The molecule has 142 valence electrons. The Labute approximate surface area is 150 Å². The average Bonchev–Trinajstić information content (AvgIpc) is 2.63. The first kappa shape index (κ1) is 20.0. The molecule has 0 bridgehead atoms. The van der Waals surface area contributed by atoms with Gasteiger partial charge in [0.2, 0.25) is 11.6 Å². The molecule has 0 amide bonds. The van der Waals surface area contributed by atoms with Gasteiger partial charge in [0, 0.05) is 0 Å². The number of halogens is 2. The molecule has 1 aromatic carbocycles. The highest BCUT2D eigenvalue weighted by Crippen LogP contribution is 2.33. The molecule has 1 aromatic rings. The van der Waals surface area contributed by atoms with Gasteiger partial charge in [0.1, 0.15) is 0 Å². The molecule has 0 aromatic heterocycles. The van der Waals surface area contributed by atoms with E-state index in [4.69, 9.17) is 9.47 Å². The van der Waals surface area contributed by atoms with E-state index in [1.54, 1.807) is 0 Å². The van der Waals surface area contributed by atoms with Gasteiger partial charge in [0.25, 0.3) is 0 Å². The van der Waals surface area contributed by atoms with Crippen LogP contribution < -0.4 is 9.47 Å². The lowest BCUT2D eigenvalue weighted by Gasteiger charge is -2.28. The van der Waals surface area contributed by atoms with Crippen molar-refractivity contribution >= 4 is 0 Å². The van der Waals surface area contributed by atoms with E-state index in [0.29, 0.717) is 19.1 Å². The maximum absolute atomic E-state index is 14.1. The van der Waals surface area contributed by atoms with Crippen molar-refractivity contribution in [1.82, 2.24) is 0 Å². The molecule has 0 aliphatic heterocycles. The number of ether oxygens (including phenoxy) is 2. The van der Waals surface area contributed by atoms with Crippen LogP contribution in [0.1, 0.15) is 71.6 Å². The molecule has 4 heteroatoms. The van der Waals surface area contributed by atoms with Crippen LogP contribution in [0.4, 0.5) is 8.78 Å². The van der Waals surface area contributed by atoms with Crippen LogP contribution in [0, 0.1) is 23.5 Å². The van der Waals surface area contributed by atoms with Crippen molar-refractivity contribution in [3.63, 3.8) is 0 Å². The standard InChI is InChI=1S/C21H32F2O2/c1-3-5-6-7-16-8-10-17(11-9-16)15-25-19-13-12-18(24-14-4-2)20(22)21(19)23/h12-13,16-17H,3-11,14-15H2,1-2H3/t16-,17-. The molecule has 0 atom stereocenters. The summed E-state index contributed by atoms with van der Waals surface area (Å²) in [6.45, 7) is 4.99. The predicted octanol–water partition coefficient (Wildman–Crippen LogP) is 6.52. The van der Waals surface area contributed by atoms with Gasteiger partial charge in [0.05, 0.1) is 13.2 Å². The molecular formula is C21H32F2O2. The molecule has 1 aliphatic carbocycles. The van der Waals surface area contributed by atoms with Gasteiger partial charge in [-0.2, -0.15) is 8.78 Å². The van der Waals surface area contributed by atoms with E-state index in [1.807, 2.05) is 6.92 Å². The number of unbranched alkanes of at least 4 members (excludes halogenated alkanes) is 2. The summed E-state index contributed by atoms with van der Waals surface area (Å²) in [5, 5.41) is 0. The minimum atomic E-state index is -0.953. The van der Waals surface area contributed by atoms with E-state index in [2.05, 4.69) is 6.92 Å². The van der Waals surface area contributed by atoms with E-state index >= 15 is 0 Å². The number of benzene rings is 1. The van der Waals surface area contributed by atoms with Crippen molar-refractivity contribution in [3.05, 3.63) is 23.8 Å². The van der Waals surface area contributed by atoms with Crippen LogP contribution in [-0.2, 0) is 0 Å². The van der Waals surface area contributed by atoms with Gasteiger partial charge in [-0.25, -0.2) is 0 Å². The normalized spacial score (nSPS) is 20.5. The van der Waals surface area contributed by atoms with Gasteiger partial charge in [-0.3, -0.25) is 0 Å². The molecule has 0 saturated heterocycles. The van der Waals surface area contributed by atoms with Crippen molar-refractivity contribution in [2.45, 2.75) is 71.6 Å². The second-order valence-electron chi connectivity index (χ2n) is 7.23. The topological polar surface area (TPSA) is 18.5 Å². The SMILES string of the molecule is CCCCC[C@H]1CC[C@H](COc2ccc(OCCC)c(F)c2F)CC1. The van der Waals surface area contributed by atoms with Crippen LogP contribution in [-0.4, -0.2) is 13.2 Å². The van der Waals surface area contributed by atoms with Crippen molar-refractivity contribution in [2.75, 3.05) is 13.2 Å². The van der Waals surface area contributed by atoms with Crippen molar-refractivity contribution in [2.24, 2.45) is 11.8 Å². The fraction of sp³-hybridized carbons (Fsp3) is 0.714. The first-order chi connectivity index (χ1) is 12.2. The summed E-state index contributed by atoms with van der Waals surface area (Å²) in [6, 6.07) is 2.92. The quantitative estimate of drug-likeness (QED) is 0.445. The predicted molar refractivity (Wildman–Crippen MR) is 97.2 cm³/mol. The highest BCUT2D eigenvalue weighted by Gasteiger charge is 2.22. The van der Waals surface area contributed by atoms with E-state index < -0.39 is 11.6 Å². The summed E-state index contributed by atoms with van der Waals surface area (Å²) < 4.78 is 38.8. The summed E-state index contributed by atoms with van der Waals surface area (Å²) in [5.41, 5.74) is 0. The zero-order valence-corrected chi connectivity index (χ0v) is 15.7. The summed E-state index contributed by atoms with van der Waals surface area (Å²) in [5.74, 6) is -0.661. The molecule has 1 aliphatic rings. The third-order valence-corrected chi connectivity index (χ3v) is 5.13. The molecule has 25 heavy (non-hydrogen) atoms. The fourth-order valence-electron chi connectivity index (χ4n) is 3.53. The van der Waals surface area contributed by atoms with Crippen LogP contribution in [0.5, 0.6) is 11.5 Å². The second kappa shape index (κ2) is 10.6. The maximum Gasteiger partial charge on any atom is 0.204 e. The van der Waals surface area contributed by atoms with Gasteiger partial charge in [-0.05, 0) is 43.2 Å². The van der Waals surface area contributed by atoms with E-state index in [9.17, 15) is 8.78 Å². The van der Waals surface area contributed by atoms with Crippen LogP contribution in [0.3, 0.4) is 0 Å². The Kier molecular flexibility index (Phi) is 8.50. The monoisotopic (exact) mass is 354 g/mol. The number of hydrogen-bond donors (Lipinski definition) is 0. The largest absolute Gasteiger partial charge is 0.490 e. The molecule has 0 spiro atoms. The highest BCUT2D eigenvalue weighted by atomic mass is 19.2. The Hall–Kier alpha value is -1.32. The Balaban J connectivity index is 1.77. The molecule has 2 rings (SSSR count). The highest BCUT2D eigenvalue weighted by molar-refractivity contribution is 5.35. The van der Waals surface area contributed by atoms with Crippen LogP contribution in [0.2, 0.25) is 0 Å². The Bertz CT molecular complexity index is 511. The summed E-state index contributed by atoms with van der Waals surface area (Å²) >= 11 is 0. The summed E-state index contributed by atoms with van der Waals surface area (Å²) in [7, 11) is 0. The van der Waals surface area contributed by atoms with Crippen LogP contribution >= 0.6 is 0 Å². The number of rotatable bonds is 10. The van der Waals surface area contributed by atoms with Gasteiger partial charge in [0.15, 0.2) is 11.5 Å². The van der Waals surface area contributed by atoms with Gasteiger partial charge >= 0.3 is 0 Å². The van der Waals surface area contributed by atoms with Gasteiger partial charge < -0.3 is 9.47 Å². The first-order valence-corrected chi connectivity index (χ1v) is 9.89. The maximum atomic E-state index is 14.1. The molecule has 1 saturated carbocycles. The van der Waals surface area contributed by atoms with E-state index in [1.165, 1.54) is 50.7 Å². The average molecular weight is 354 g/mol. The third-order valence-electron chi connectivity index (χ3n) is 5.13. The second-order valence-corrected chi connectivity index (χ2v) is 7.23. The fourth-order valence-corrected chi connectivity index (χ4v) is 3.53. The van der Waals surface area contributed by atoms with Crippen molar-refractivity contribution < 1.29 is 18.3 Å². The summed E-state index contributed by atoms with van der Waals surface area (Å²) in [4.78, 5) is 0. The van der Waals surface area contributed by atoms with Crippen molar-refractivity contribution in [1.29, 1.82) is 0 Å². The van der Waals surface area contributed by atoms with Gasteiger partial charge in [-0.15, -0.1) is 0 Å². The lowest BCUT2D eigenvalue weighted by Crippen LogP contribution is -2.20. The molecule has 0 unspecified atom stereocenters. The lowest BCUT2D eigenvalue weighted by atomic mass is 9.80. The molecule has 0 N–H and O–H groups in total. The number of hydrogen-bond acceptors (Lipinski definition) is 2. The Morgan fingerprint density at radius 1 is 0.840 bits per heavy atom. The van der Waals surface area contributed by atoms with Crippen molar-refractivity contribution in [3.8, 4) is 11.5 Å². The summed E-state index contributed by atoms with van der Waals surface area (Å²) in [6.07, 6.45) is 10.7. The first-order valence-electron chi connectivity index (χ1n) is 9.89. The molecule has 0 radical (unpaired) electrons. The molecule has 0 heterocycles. The van der Waals surface area contributed by atoms with Crippen LogP contribution in [0.15, 0.2) is 12.1 Å². The van der Waals surface area contributed by atoms with E-state index in [-0.39, 0.29) is 11.5 Å². The zero-order valence-electron chi connectivity index (χ0n) is 15.7. The Morgan fingerprint density at radius 3 is 2.04 bits per heavy atom. The Morgan fingerprint density at radius 2 is 1.44 bits per heavy atom. The van der Waals surface area contributed by atoms with Gasteiger partial charge in [-0.1, -0.05) is 52.4 Å². The lowest BCUT2D eigenvalue weighted by molar-refractivity contribution is 0.172. The minimum absolute atomic E-state index is 0.00795. The minimum Gasteiger partial charge on any atom is -0.490 e. The molecule has 1 fully saturated rings.